The fourth-order valence-electron chi connectivity index (χ4n) is 1.28. The molecule has 0 spiro atoms. The molecule has 0 saturated carbocycles. The van der Waals surface area contributed by atoms with E-state index in [1.54, 1.807) is 0 Å². The fourth-order valence-corrected chi connectivity index (χ4v) is 5.61. The first-order valence-corrected chi connectivity index (χ1v) is 9.01. The van der Waals surface area contributed by atoms with Gasteiger partial charge in [-0.05, 0) is 10.1 Å². The summed E-state index contributed by atoms with van der Waals surface area (Å²) in [5.41, 5.74) is -0.970. The van der Waals surface area contributed by atoms with Crippen molar-refractivity contribution in [1.29, 1.82) is 0 Å². The average molecular weight is 322 g/mol. The molecule has 1 fully saturated rings. The van der Waals surface area contributed by atoms with Crippen molar-refractivity contribution in [2.24, 2.45) is 5.14 Å². The Morgan fingerprint density at radius 2 is 2.11 bits per heavy atom. The Morgan fingerprint density at radius 1 is 1.44 bits per heavy atom. The second-order valence-corrected chi connectivity index (χ2v) is 7.86. The van der Waals surface area contributed by atoms with Crippen LogP contribution in [0.2, 0.25) is 0 Å². The summed E-state index contributed by atoms with van der Waals surface area (Å²) >= 11 is 1.11. The van der Waals surface area contributed by atoms with Crippen molar-refractivity contribution in [3.63, 3.8) is 0 Å². The standard InChI is InChI=1S/C6H15FN4O4S3/c7-2-1-3-10-18(14,15)11(17(8,12)13)6-9-4-5-16-6/h6,9-10H,1-5H2,(H2,8,12,13). The lowest BCUT2D eigenvalue weighted by atomic mass is 10.5. The predicted octanol–water partition coefficient (Wildman–Crippen LogP) is -1.69. The van der Waals surface area contributed by atoms with Gasteiger partial charge in [0.05, 0.1) is 6.67 Å². The zero-order chi connectivity index (χ0) is 13.8. The van der Waals surface area contributed by atoms with Gasteiger partial charge in [-0.25, -0.2) is 9.86 Å². The van der Waals surface area contributed by atoms with Crippen molar-refractivity contribution in [3.05, 3.63) is 0 Å². The van der Waals surface area contributed by atoms with Crippen LogP contribution < -0.4 is 15.2 Å². The topological polar surface area (TPSA) is 122 Å². The molecular formula is C6H15FN4O4S3. The first-order chi connectivity index (χ1) is 8.29. The molecule has 108 valence electrons. The van der Waals surface area contributed by atoms with E-state index in [2.05, 4.69) is 5.32 Å². The van der Waals surface area contributed by atoms with Gasteiger partial charge in [-0.2, -0.15) is 16.8 Å². The number of hydrogen-bond donors (Lipinski definition) is 3. The molecule has 1 aliphatic rings. The maximum Gasteiger partial charge on any atom is 0.295 e. The SMILES string of the molecule is NS(=O)(=O)N(C1NCCS1)S(=O)(=O)NCCCF. The van der Waals surface area contributed by atoms with E-state index >= 15 is 0 Å². The Morgan fingerprint density at radius 3 is 2.56 bits per heavy atom. The molecule has 1 atom stereocenters. The monoisotopic (exact) mass is 322 g/mol. The van der Waals surface area contributed by atoms with Crippen LogP contribution in [-0.2, 0) is 20.4 Å². The van der Waals surface area contributed by atoms with Gasteiger partial charge in [0.1, 0.15) is 5.50 Å². The average Bonchev–Trinajstić information content (AvgIpc) is 2.68. The molecule has 1 rings (SSSR count). The fraction of sp³-hybridized carbons (Fsp3) is 1.00. The Hall–Kier alpha value is 0.0200. The molecule has 1 saturated heterocycles. The lowest BCUT2D eigenvalue weighted by molar-refractivity contribution is 0.445. The third kappa shape index (κ3) is 4.29. The van der Waals surface area contributed by atoms with Crippen LogP contribution >= 0.6 is 11.8 Å². The molecular weight excluding hydrogens is 307 g/mol. The molecule has 0 bridgehead atoms. The van der Waals surface area contributed by atoms with E-state index in [-0.39, 0.29) is 16.7 Å². The molecule has 8 nitrogen and oxygen atoms in total. The molecule has 4 N–H and O–H groups in total. The van der Waals surface area contributed by atoms with E-state index in [9.17, 15) is 21.2 Å². The van der Waals surface area contributed by atoms with Crippen LogP contribution in [0.4, 0.5) is 4.39 Å². The maximum absolute atomic E-state index is 11.9. The Kier molecular flexibility index (Phi) is 5.76. The van der Waals surface area contributed by atoms with Crippen molar-refractivity contribution < 1.29 is 21.2 Å². The minimum absolute atomic E-state index is 0.0388. The second kappa shape index (κ2) is 6.45. The molecule has 1 heterocycles. The van der Waals surface area contributed by atoms with Crippen LogP contribution in [0.25, 0.3) is 0 Å². The molecule has 0 aromatic heterocycles. The Bertz CT molecular complexity index is 461. The number of nitrogens with two attached hydrogens (primary N) is 1. The maximum atomic E-state index is 11.9. The highest BCUT2D eigenvalue weighted by molar-refractivity contribution is 8.05. The second-order valence-electron chi connectivity index (χ2n) is 3.39. The number of alkyl halides is 1. The van der Waals surface area contributed by atoms with Gasteiger partial charge in [-0.15, -0.1) is 11.8 Å². The highest BCUT2D eigenvalue weighted by atomic mass is 32.3. The van der Waals surface area contributed by atoms with Crippen LogP contribution in [0, 0.1) is 0 Å². The Balaban J connectivity index is 2.89. The lowest BCUT2D eigenvalue weighted by Crippen LogP contribution is -2.54. The van der Waals surface area contributed by atoms with E-state index in [0.717, 1.165) is 11.8 Å². The third-order valence-corrected chi connectivity index (χ3v) is 6.55. The van der Waals surface area contributed by atoms with E-state index in [4.69, 9.17) is 5.14 Å². The zero-order valence-corrected chi connectivity index (χ0v) is 11.8. The van der Waals surface area contributed by atoms with Crippen LogP contribution in [0.5, 0.6) is 0 Å². The van der Waals surface area contributed by atoms with Crippen LogP contribution in [0.1, 0.15) is 6.42 Å². The van der Waals surface area contributed by atoms with E-state index < -0.39 is 32.6 Å². The Labute approximate surface area is 110 Å². The van der Waals surface area contributed by atoms with Gasteiger partial charge in [-0.3, -0.25) is 9.71 Å². The van der Waals surface area contributed by atoms with E-state index in [1.807, 2.05) is 4.72 Å². The van der Waals surface area contributed by atoms with Crippen molar-refractivity contribution in [1.82, 2.24) is 13.7 Å². The van der Waals surface area contributed by atoms with Crippen LogP contribution in [0.3, 0.4) is 0 Å². The number of rotatable bonds is 7. The normalized spacial score (nSPS) is 21.6. The smallest absolute Gasteiger partial charge is 0.291 e. The largest absolute Gasteiger partial charge is 0.295 e. The first-order valence-electron chi connectivity index (χ1n) is 5.02. The molecule has 0 aromatic carbocycles. The number of nitrogens with zero attached hydrogens (tertiary/aromatic N) is 1. The van der Waals surface area contributed by atoms with Crippen molar-refractivity contribution >= 4 is 32.2 Å². The summed E-state index contributed by atoms with van der Waals surface area (Å²) in [6, 6.07) is 0. The summed E-state index contributed by atoms with van der Waals surface area (Å²) in [5, 5.41) is 7.60. The van der Waals surface area contributed by atoms with Crippen molar-refractivity contribution in [3.8, 4) is 0 Å². The zero-order valence-electron chi connectivity index (χ0n) is 9.37. The molecule has 0 aromatic rings. The molecule has 0 amide bonds. The minimum Gasteiger partial charge on any atom is -0.291 e. The van der Waals surface area contributed by atoms with E-state index in [1.165, 1.54) is 0 Å². The molecule has 12 heteroatoms. The van der Waals surface area contributed by atoms with Gasteiger partial charge < -0.3 is 0 Å². The van der Waals surface area contributed by atoms with E-state index in [0.29, 0.717) is 12.3 Å². The highest BCUT2D eigenvalue weighted by Crippen LogP contribution is 2.22. The summed E-state index contributed by atoms with van der Waals surface area (Å²) in [6.07, 6.45) is -0.0388. The van der Waals surface area contributed by atoms with Gasteiger partial charge >= 0.3 is 0 Å². The van der Waals surface area contributed by atoms with Crippen molar-refractivity contribution in [2.75, 3.05) is 25.5 Å². The van der Waals surface area contributed by atoms with Crippen molar-refractivity contribution in [2.45, 2.75) is 11.9 Å². The van der Waals surface area contributed by atoms with Gasteiger partial charge in [0.15, 0.2) is 0 Å². The number of nitrogens with one attached hydrogen (secondary N) is 2. The van der Waals surface area contributed by atoms with Crippen LogP contribution in [0.15, 0.2) is 0 Å². The van der Waals surface area contributed by atoms with Gasteiger partial charge in [0, 0.05) is 18.8 Å². The van der Waals surface area contributed by atoms with Gasteiger partial charge in [0.25, 0.3) is 20.4 Å². The molecule has 0 aliphatic carbocycles. The lowest BCUT2D eigenvalue weighted by Gasteiger charge is -2.24. The minimum atomic E-state index is -4.44. The molecule has 1 aliphatic heterocycles. The molecule has 18 heavy (non-hydrogen) atoms. The first kappa shape index (κ1) is 16.1. The summed E-state index contributed by atoms with van der Waals surface area (Å²) < 4.78 is 60.4. The van der Waals surface area contributed by atoms with Crippen LogP contribution in [-0.4, -0.2) is 51.6 Å². The summed E-state index contributed by atoms with van der Waals surface area (Å²) in [7, 11) is -8.75. The predicted molar refractivity (Wildman–Crippen MR) is 66.7 cm³/mol. The highest BCUT2D eigenvalue weighted by Gasteiger charge is 2.40. The van der Waals surface area contributed by atoms with Gasteiger partial charge in [-0.1, -0.05) is 0 Å². The molecule has 0 radical (unpaired) electrons. The van der Waals surface area contributed by atoms with Gasteiger partial charge in [0.2, 0.25) is 0 Å². The molecule has 1 unspecified atom stereocenters. The summed E-state index contributed by atoms with van der Waals surface area (Å²) in [4.78, 5) is 0. The number of hydrogen-bond acceptors (Lipinski definition) is 6. The quantitative estimate of drug-likeness (QED) is 0.481. The number of halogens is 1. The third-order valence-electron chi connectivity index (χ3n) is 1.97. The summed E-state index contributed by atoms with van der Waals surface area (Å²) in [5.74, 6) is 0.566. The summed E-state index contributed by atoms with van der Waals surface area (Å²) in [6.45, 7) is -0.419. The number of thioether (sulfide) groups is 1.